The van der Waals surface area contributed by atoms with Gasteiger partial charge in [-0.25, -0.2) is 0 Å². The van der Waals surface area contributed by atoms with Crippen LogP contribution in [-0.4, -0.2) is 25.4 Å². The summed E-state index contributed by atoms with van der Waals surface area (Å²) in [6.07, 6.45) is 0. The van der Waals surface area contributed by atoms with E-state index < -0.39 is 0 Å². The summed E-state index contributed by atoms with van der Waals surface area (Å²) in [4.78, 5) is 11.3. The smallest absolute Gasteiger partial charge is 0.177 e. The maximum atomic E-state index is 11.3. The first-order valence-electron chi connectivity index (χ1n) is 4.63. The molecule has 0 aliphatic rings. The van der Waals surface area contributed by atoms with Gasteiger partial charge in [-0.15, -0.1) is 11.6 Å². The second kappa shape index (κ2) is 5.61. The molecule has 0 aromatic heterocycles. The van der Waals surface area contributed by atoms with Gasteiger partial charge in [0.15, 0.2) is 17.3 Å². The third-order valence-corrected chi connectivity index (χ3v) is 2.15. The zero-order valence-corrected chi connectivity index (χ0v) is 9.50. The van der Waals surface area contributed by atoms with E-state index >= 15 is 0 Å². The minimum Gasteiger partial charge on any atom is -0.493 e. The molecule has 0 bridgehead atoms. The quantitative estimate of drug-likeness (QED) is 0.574. The van der Waals surface area contributed by atoms with Gasteiger partial charge in [0.1, 0.15) is 0 Å². The summed E-state index contributed by atoms with van der Waals surface area (Å²) in [5, 5.41) is 0. The zero-order chi connectivity index (χ0) is 11.3. The van der Waals surface area contributed by atoms with Crippen molar-refractivity contribution in [3.63, 3.8) is 0 Å². The summed E-state index contributed by atoms with van der Waals surface area (Å²) < 4.78 is 10.4. The largest absolute Gasteiger partial charge is 0.493 e. The third-order valence-electron chi connectivity index (χ3n) is 1.91. The lowest BCUT2D eigenvalue weighted by molar-refractivity contribution is 0.102. The Hall–Kier alpha value is -1.22. The molecule has 0 saturated heterocycles. The molecule has 4 heteroatoms. The second-order valence-corrected chi connectivity index (χ2v) is 3.12. The number of carbonyl (C=O) groups is 1. The molecule has 3 nitrogen and oxygen atoms in total. The van der Waals surface area contributed by atoms with Crippen molar-refractivity contribution < 1.29 is 14.3 Å². The van der Waals surface area contributed by atoms with Crippen molar-refractivity contribution in [2.75, 3.05) is 19.6 Å². The van der Waals surface area contributed by atoms with Crippen molar-refractivity contribution in [3.05, 3.63) is 23.8 Å². The maximum Gasteiger partial charge on any atom is 0.177 e. The molecule has 0 heterocycles. The van der Waals surface area contributed by atoms with Gasteiger partial charge in [-0.05, 0) is 25.1 Å². The summed E-state index contributed by atoms with van der Waals surface area (Å²) in [5.41, 5.74) is 0.536. The Balaban J connectivity index is 3.04. The molecule has 0 aliphatic carbocycles. The van der Waals surface area contributed by atoms with E-state index in [1.807, 2.05) is 6.92 Å². The van der Waals surface area contributed by atoms with Crippen LogP contribution in [0.25, 0.3) is 0 Å². The van der Waals surface area contributed by atoms with Crippen LogP contribution in [-0.2, 0) is 0 Å². The van der Waals surface area contributed by atoms with Gasteiger partial charge in [-0.1, -0.05) is 0 Å². The van der Waals surface area contributed by atoms with E-state index in [-0.39, 0.29) is 11.7 Å². The Morgan fingerprint density at radius 3 is 2.67 bits per heavy atom. The fraction of sp³-hybridized carbons (Fsp3) is 0.364. The molecule has 0 fully saturated rings. The van der Waals surface area contributed by atoms with Gasteiger partial charge < -0.3 is 9.47 Å². The van der Waals surface area contributed by atoms with Crippen LogP contribution in [0.4, 0.5) is 0 Å². The summed E-state index contributed by atoms with van der Waals surface area (Å²) in [5.74, 6) is 1.02. The number of ketones is 1. The number of hydrogen-bond acceptors (Lipinski definition) is 3. The summed E-state index contributed by atoms with van der Waals surface area (Å²) >= 11 is 5.47. The number of rotatable bonds is 5. The van der Waals surface area contributed by atoms with Crippen molar-refractivity contribution in [3.8, 4) is 11.5 Å². The van der Waals surface area contributed by atoms with Gasteiger partial charge in [0.2, 0.25) is 0 Å². The highest BCUT2D eigenvalue weighted by Gasteiger charge is 2.09. The normalized spacial score (nSPS) is 9.80. The number of benzene rings is 1. The predicted octanol–water partition coefficient (Wildman–Crippen LogP) is 2.52. The highest BCUT2D eigenvalue weighted by atomic mass is 35.5. The van der Waals surface area contributed by atoms with Gasteiger partial charge in [-0.3, -0.25) is 4.79 Å². The van der Waals surface area contributed by atoms with Crippen molar-refractivity contribution in [2.45, 2.75) is 6.92 Å². The van der Waals surface area contributed by atoms with Crippen LogP contribution in [0.2, 0.25) is 0 Å². The van der Waals surface area contributed by atoms with Crippen LogP contribution in [0.15, 0.2) is 18.2 Å². The van der Waals surface area contributed by atoms with Crippen LogP contribution in [0.3, 0.4) is 0 Å². The summed E-state index contributed by atoms with van der Waals surface area (Å²) in [6, 6.07) is 5.02. The van der Waals surface area contributed by atoms with E-state index in [4.69, 9.17) is 21.1 Å². The molecule has 1 aromatic rings. The Morgan fingerprint density at radius 1 is 1.40 bits per heavy atom. The fourth-order valence-corrected chi connectivity index (χ4v) is 1.35. The molecule has 15 heavy (non-hydrogen) atoms. The number of alkyl halides is 1. The molecule has 1 rings (SSSR count). The molecule has 0 unspecified atom stereocenters. The molecular formula is C11H13ClO3. The molecular weight excluding hydrogens is 216 g/mol. The SMILES string of the molecule is CCOc1cc(C(=O)CCl)ccc1OC. The average Bonchev–Trinajstić information content (AvgIpc) is 2.28. The minimum absolute atomic E-state index is 0.0299. The molecule has 0 amide bonds. The van der Waals surface area contributed by atoms with E-state index in [9.17, 15) is 4.79 Å². The molecule has 0 saturated carbocycles. The molecule has 1 aromatic carbocycles. The number of carbonyl (C=O) groups excluding carboxylic acids is 1. The zero-order valence-electron chi connectivity index (χ0n) is 8.75. The lowest BCUT2D eigenvalue weighted by Crippen LogP contribution is -2.02. The fourth-order valence-electron chi connectivity index (χ4n) is 1.20. The van der Waals surface area contributed by atoms with Crippen LogP contribution in [0, 0.1) is 0 Å². The molecule has 0 radical (unpaired) electrons. The highest BCUT2D eigenvalue weighted by Crippen LogP contribution is 2.28. The maximum absolute atomic E-state index is 11.3. The van der Waals surface area contributed by atoms with Gasteiger partial charge in [0.05, 0.1) is 19.6 Å². The first kappa shape index (κ1) is 11.9. The Kier molecular flexibility index (Phi) is 4.43. The van der Waals surface area contributed by atoms with Crippen LogP contribution >= 0.6 is 11.6 Å². The number of halogens is 1. The first-order valence-corrected chi connectivity index (χ1v) is 5.16. The van der Waals surface area contributed by atoms with E-state index in [0.29, 0.717) is 23.7 Å². The van der Waals surface area contributed by atoms with Crippen molar-refractivity contribution >= 4 is 17.4 Å². The van der Waals surface area contributed by atoms with E-state index in [1.165, 1.54) is 0 Å². The highest BCUT2D eigenvalue weighted by molar-refractivity contribution is 6.30. The standard InChI is InChI=1S/C11H13ClO3/c1-3-15-11-6-8(9(13)7-12)4-5-10(11)14-2/h4-6H,3,7H2,1-2H3. The molecule has 0 aliphatic heterocycles. The van der Waals surface area contributed by atoms with Gasteiger partial charge in [-0.2, -0.15) is 0 Å². The Labute approximate surface area is 93.9 Å². The monoisotopic (exact) mass is 228 g/mol. The molecule has 0 atom stereocenters. The van der Waals surface area contributed by atoms with Gasteiger partial charge >= 0.3 is 0 Å². The van der Waals surface area contributed by atoms with Gasteiger partial charge in [0.25, 0.3) is 0 Å². The first-order chi connectivity index (χ1) is 7.22. The van der Waals surface area contributed by atoms with Crippen molar-refractivity contribution in [1.29, 1.82) is 0 Å². The van der Waals surface area contributed by atoms with E-state index in [0.717, 1.165) is 0 Å². The number of methoxy groups -OCH3 is 1. The van der Waals surface area contributed by atoms with Crippen LogP contribution in [0.5, 0.6) is 11.5 Å². The Bertz CT molecular complexity index is 350. The summed E-state index contributed by atoms with van der Waals surface area (Å²) in [6.45, 7) is 2.39. The van der Waals surface area contributed by atoms with E-state index in [2.05, 4.69) is 0 Å². The number of ether oxygens (including phenoxy) is 2. The van der Waals surface area contributed by atoms with Crippen LogP contribution in [0.1, 0.15) is 17.3 Å². The summed E-state index contributed by atoms with van der Waals surface area (Å²) in [7, 11) is 1.56. The lowest BCUT2D eigenvalue weighted by atomic mass is 10.1. The topological polar surface area (TPSA) is 35.5 Å². The van der Waals surface area contributed by atoms with Crippen molar-refractivity contribution in [1.82, 2.24) is 0 Å². The molecule has 0 spiro atoms. The second-order valence-electron chi connectivity index (χ2n) is 2.86. The lowest BCUT2D eigenvalue weighted by Gasteiger charge is -2.09. The average molecular weight is 229 g/mol. The minimum atomic E-state index is -0.125. The molecule has 0 N–H and O–H groups in total. The predicted molar refractivity (Wildman–Crippen MR) is 59.2 cm³/mol. The third kappa shape index (κ3) is 2.86. The number of hydrogen-bond donors (Lipinski definition) is 0. The van der Waals surface area contributed by atoms with E-state index in [1.54, 1.807) is 25.3 Å². The Morgan fingerprint density at radius 2 is 2.13 bits per heavy atom. The van der Waals surface area contributed by atoms with Crippen LogP contribution < -0.4 is 9.47 Å². The van der Waals surface area contributed by atoms with Crippen molar-refractivity contribution in [2.24, 2.45) is 0 Å². The molecule has 82 valence electrons. The number of Topliss-reactive ketones (excluding diaryl/α,β-unsaturated/α-hetero) is 1. The van der Waals surface area contributed by atoms with Gasteiger partial charge in [0, 0.05) is 5.56 Å².